The lowest BCUT2D eigenvalue weighted by molar-refractivity contribution is -0.169. The highest BCUT2D eigenvalue weighted by atomic mass is 32.2. The summed E-state index contributed by atoms with van der Waals surface area (Å²) >= 11 is 1.32. The Morgan fingerprint density at radius 3 is 2.49 bits per heavy atom. The second-order valence-electron chi connectivity index (χ2n) is 15.4. The van der Waals surface area contributed by atoms with Crippen LogP contribution in [0.5, 0.6) is 5.75 Å². The first-order valence-electron chi connectivity index (χ1n) is 19.6. The van der Waals surface area contributed by atoms with Crippen LogP contribution >= 0.6 is 18.9 Å². The molecule has 4 aliphatic rings. The number of sulfonamides is 1. The van der Waals surface area contributed by atoms with E-state index in [1.165, 1.54) is 23.5 Å². The Kier molecular flexibility index (Phi) is 13.1. The number of fused-ring (bicyclic) bond motifs is 2. The molecule has 57 heavy (non-hydrogen) atoms. The highest BCUT2D eigenvalue weighted by Gasteiger charge is 2.56. The van der Waals surface area contributed by atoms with Crippen molar-refractivity contribution in [3.8, 4) is 5.75 Å². The molecule has 7 rings (SSSR count). The summed E-state index contributed by atoms with van der Waals surface area (Å²) in [6, 6.07) is 10.3. The molecule has 4 fully saturated rings. The lowest BCUT2D eigenvalue weighted by atomic mass is 9.98. The maximum atomic E-state index is 16.2. The Morgan fingerprint density at radius 2 is 1.81 bits per heavy atom. The summed E-state index contributed by atoms with van der Waals surface area (Å²) in [5, 5.41) is 18.6. The topological polar surface area (TPSA) is 184 Å². The van der Waals surface area contributed by atoms with Gasteiger partial charge in [0.05, 0.1) is 53.7 Å². The minimum absolute atomic E-state index is 0.00185. The standard InChI is InChI=1S/C38H52FN4O11PS2/c1-5-52-55(46,53-6-2)21-51-26-11-7-23(8-12-26)15-31(42-38(45)54-34-24-16-28-29(34)20-50-36(28)49-19-24)32(44)18-43(35(39)22(3)4)57(47,48)27-13-14-30-33(17-27)56-37(41-30)40-25-9-10-25/h7-8,11-14,17,22,24-25,28-29,31-32,34-36,44H,5-6,9-10,15-16,18-21H2,1-4H3,(H,40,41)(H,42,45)/t24?,28?,29?,31-,32+,34?,35?,36?/m0/s1. The number of alkyl halides is 1. The number of aromatic nitrogens is 1. The molecule has 1 amide bonds. The number of carbonyl (C=O) groups is 1. The Balaban J connectivity index is 1.11. The van der Waals surface area contributed by atoms with Gasteiger partial charge in [0.25, 0.3) is 0 Å². The highest BCUT2D eigenvalue weighted by molar-refractivity contribution is 7.89. The number of anilines is 1. The number of benzene rings is 2. The van der Waals surface area contributed by atoms with Crippen molar-refractivity contribution in [3.05, 3.63) is 48.0 Å². The van der Waals surface area contributed by atoms with Crippen molar-refractivity contribution >= 4 is 50.4 Å². The Labute approximate surface area is 336 Å². The number of hydrogen-bond donors (Lipinski definition) is 3. The average molecular weight is 855 g/mol. The molecule has 2 bridgehead atoms. The minimum Gasteiger partial charge on any atom is -0.481 e. The van der Waals surface area contributed by atoms with E-state index >= 15 is 4.39 Å². The quantitative estimate of drug-likeness (QED) is 0.0874. The predicted molar refractivity (Wildman–Crippen MR) is 210 cm³/mol. The lowest BCUT2D eigenvalue weighted by Gasteiger charge is -2.33. The van der Waals surface area contributed by atoms with Crippen LogP contribution in [0.4, 0.5) is 14.3 Å². The Hall–Kier alpha value is -2.93. The zero-order valence-electron chi connectivity index (χ0n) is 32.5. The molecule has 0 radical (unpaired) electrons. The lowest BCUT2D eigenvalue weighted by Crippen LogP contribution is -2.53. The van der Waals surface area contributed by atoms with Gasteiger partial charge in [-0.2, -0.15) is 4.31 Å². The van der Waals surface area contributed by atoms with E-state index in [9.17, 15) is 22.9 Å². The molecule has 2 aliphatic heterocycles. The molecule has 8 atom stereocenters. The first-order valence-corrected chi connectivity index (χ1v) is 23.6. The number of nitrogens with zero attached hydrogens (tertiary/aromatic N) is 2. The second kappa shape index (κ2) is 17.7. The molecule has 3 aromatic rings. The van der Waals surface area contributed by atoms with Gasteiger partial charge in [0.15, 0.2) is 24.1 Å². The normalized spacial score (nSPS) is 24.8. The number of carbonyl (C=O) groups excluding carboxylic acids is 1. The van der Waals surface area contributed by atoms with Gasteiger partial charge in [0.2, 0.25) is 10.0 Å². The summed E-state index contributed by atoms with van der Waals surface area (Å²) in [6.07, 6.45) is -2.55. The molecule has 2 aliphatic carbocycles. The van der Waals surface area contributed by atoms with Gasteiger partial charge >= 0.3 is 13.7 Å². The number of alkyl carbamates (subject to hydrolysis) is 1. The van der Waals surface area contributed by atoms with Gasteiger partial charge in [-0.25, -0.2) is 22.6 Å². The second-order valence-corrected chi connectivity index (χ2v) is 20.3. The van der Waals surface area contributed by atoms with Crippen LogP contribution in [-0.2, 0) is 44.3 Å². The molecular formula is C38H52FN4O11PS2. The number of ether oxygens (including phenoxy) is 4. The molecule has 1 aromatic heterocycles. The van der Waals surface area contributed by atoms with Gasteiger partial charge in [-0.1, -0.05) is 37.3 Å². The van der Waals surface area contributed by atoms with Crippen molar-refractivity contribution in [2.24, 2.45) is 23.7 Å². The van der Waals surface area contributed by atoms with E-state index in [2.05, 4.69) is 15.6 Å². The summed E-state index contributed by atoms with van der Waals surface area (Å²) in [7, 11) is -7.98. The molecule has 2 aromatic carbocycles. The summed E-state index contributed by atoms with van der Waals surface area (Å²) in [4.78, 5) is 18.1. The monoisotopic (exact) mass is 854 g/mol. The van der Waals surface area contributed by atoms with E-state index in [1.807, 2.05) is 0 Å². The van der Waals surface area contributed by atoms with Crippen molar-refractivity contribution in [1.82, 2.24) is 14.6 Å². The first kappa shape index (κ1) is 42.2. The Bertz CT molecular complexity index is 2010. The fourth-order valence-corrected chi connectivity index (χ4v) is 11.7. The van der Waals surface area contributed by atoms with E-state index in [-0.39, 0.29) is 54.9 Å². The molecule has 0 spiro atoms. The third-order valence-corrected chi connectivity index (χ3v) is 15.3. The summed E-state index contributed by atoms with van der Waals surface area (Å²) in [6.45, 7) is 7.01. The molecule has 314 valence electrons. The number of rotatable bonds is 20. The molecule has 19 heteroatoms. The molecule has 2 saturated carbocycles. The summed E-state index contributed by atoms with van der Waals surface area (Å²) in [5.74, 6) is -0.295. The van der Waals surface area contributed by atoms with Crippen LogP contribution in [0, 0.1) is 23.7 Å². The van der Waals surface area contributed by atoms with Crippen LogP contribution in [0.25, 0.3) is 10.2 Å². The van der Waals surface area contributed by atoms with E-state index < -0.39 is 60.7 Å². The van der Waals surface area contributed by atoms with Crippen LogP contribution in [-0.4, -0.2) is 105 Å². The smallest absolute Gasteiger partial charge is 0.407 e. The van der Waals surface area contributed by atoms with Crippen molar-refractivity contribution in [1.29, 1.82) is 0 Å². The van der Waals surface area contributed by atoms with Gasteiger partial charge in [-0.3, -0.25) is 4.57 Å². The molecule has 3 N–H and O–H groups in total. The fourth-order valence-electron chi connectivity index (χ4n) is 7.72. The minimum atomic E-state index is -4.51. The van der Waals surface area contributed by atoms with Gasteiger partial charge in [0.1, 0.15) is 11.9 Å². The highest BCUT2D eigenvalue weighted by Crippen LogP contribution is 2.50. The number of amides is 1. The van der Waals surface area contributed by atoms with Crippen LogP contribution in [0.2, 0.25) is 0 Å². The van der Waals surface area contributed by atoms with Gasteiger partial charge in [-0.15, -0.1) is 0 Å². The molecule has 15 nitrogen and oxygen atoms in total. The van der Waals surface area contributed by atoms with Crippen LogP contribution in [0.1, 0.15) is 52.5 Å². The summed E-state index contributed by atoms with van der Waals surface area (Å²) < 4.78 is 92.8. The van der Waals surface area contributed by atoms with Crippen molar-refractivity contribution < 1.29 is 55.3 Å². The van der Waals surface area contributed by atoms with E-state index in [0.29, 0.717) is 50.2 Å². The largest absolute Gasteiger partial charge is 0.481 e. The van der Waals surface area contributed by atoms with E-state index in [1.54, 1.807) is 58.0 Å². The first-order chi connectivity index (χ1) is 27.3. The molecule has 6 unspecified atom stereocenters. The number of aliphatic hydroxyl groups excluding tert-OH is 1. The maximum absolute atomic E-state index is 16.2. The number of halogens is 1. The van der Waals surface area contributed by atoms with Crippen LogP contribution in [0.15, 0.2) is 47.4 Å². The van der Waals surface area contributed by atoms with Crippen molar-refractivity contribution in [2.75, 3.05) is 44.6 Å². The summed E-state index contributed by atoms with van der Waals surface area (Å²) in [5.41, 5.74) is 1.24. The van der Waals surface area contributed by atoms with Gasteiger partial charge in [0, 0.05) is 30.3 Å². The SMILES string of the molecule is CCOP(=O)(COc1ccc(C[C@H](NC(=O)OC2C3COC4OCC2C4C3)[C@H](O)CN(C(F)C(C)C)S(=O)(=O)c2ccc3nc(NC4CC4)sc3c2)cc1)OCC. The van der Waals surface area contributed by atoms with Gasteiger partial charge in [-0.05, 0) is 81.3 Å². The number of nitrogens with one attached hydrogen (secondary N) is 2. The third kappa shape index (κ3) is 9.76. The fraction of sp³-hybridized carbons (Fsp3) is 0.632. The molecule has 2 saturated heterocycles. The average Bonchev–Trinajstić information content (AvgIpc) is 3.63. The third-order valence-electron chi connectivity index (χ3n) is 10.8. The van der Waals surface area contributed by atoms with Crippen molar-refractivity contribution in [2.45, 2.75) is 95.2 Å². The zero-order valence-corrected chi connectivity index (χ0v) is 35.0. The van der Waals surface area contributed by atoms with Crippen LogP contribution in [0.3, 0.4) is 0 Å². The number of hydrogen-bond acceptors (Lipinski definition) is 14. The Morgan fingerprint density at radius 1 is 1.09 bits per heavy atom. The van der Waals surface area contributed by atoms with Crippen molar-refractivity contribution in [3.63, 3.8) is 0 Å². The molecule has 3 heterocycles. The van der Waals surface area contributed by atoms with Gasteiger partial charge < -0.3 is 43.7 Å². The van der Waals surface area contributed by atoms with E-state index in [0.717, 1.165) is 19.3 Å². The van der Waals surface area contributed by atoms with Crippen LogP contribution < -0.4 is 15.4 Å². The number of aliphatic hydroxyl groups is 1. The maximum Gasteiger partial charge on any atom is 0.407 e. The van der Waals surface area contributed by atoms with E-state index in [4.69, 9.17) is 28.0 Å². The number of thiazole rings is 1. The molecular weight excluding hydrogens is 803 g/mol. The zero-order chi connectivity index (χ0) is 40.5. The predicted octanol–water partition coefficient (Wildman–Crippen LogP) is 6.12.